The van der Waals surface area contributed by atoms with Crippen molar-refractivity contribution in [2.24, 2.45) is 0 Å². The quantitative estimate of drug-likeness (QED) is 0.703. The number of hydrogen-bond acceptors (Lipinski definition) is 3. The van der Waals surface area contributed by atoms with Crippen LogP contribution in [0.1, 0.15) is 25.8 Å². The third-order valence-corrected chi connectivity index (χ3v) is 5.27. The largest absolute Gasteiger partial charge is 0.368 e. The minimum absolute atomic E-state index is 0.0193. The SMILES string of the molecule is CC(C)N(Cc1ccccc1)C(=O)CC(=O)N1CCN(c2ccc(F)cc2)CC1. The van der Waals surface area contributed by atoms with Crippen LogP contribution in [0.3, 0.4) is 0 Å². The highest BCUT2D eigenvalue weighted by atomic mass is 19.1. The summed E-state index contributed by atoms with van der Waals surface area (Å²) in [5, 5.41) is 0. The van der Waals surface area contributed by atoms with Crippen LogP contribution in [0.4, 0.5) is 10.1 Å². The summed E-state index contributed by atoms with van der Waals surface area (Å²) in [5.74, 6) is -0.534. The van der Waals surface area contributed by atoms with Gasteiger partial charge in [-0.15, -0.1) is 0 Å². The minimum Gasteiger partial charge on any atom is -0.368 e. The zero-order chi connectivity index (χ0) is 20.8. The monoisotopic (exact) mass is 397 g/mol. The van der Waals surface area contributed by atoms with Crippen LogP contribution in [-0.2, 0) is 16.1 Å². The molecule has 0 bridgehead atoms. The molecule has 0 radical (unpaired) electrons. The molecule has 6 heteroatoms. The van der Waals surface area contributed by atoms with Crippen LogP contribution in [0, 0.1) is 5.82 Å². The minimum atomic E-state index is -0.258. The molecule has 1 saturated heterocycles. The van der Waals surface area contributed by atoms with E-state index in [2.05, 4.69) is 4.90 Å². The van der Waals surface area contributed by atoms with Crippen molar-refractivity contribution in [3.8, 4) is 0 Å². The first-order valence-electron chi connectivity index (χ1n) is 10.1. The molecule has 0 N–H and O–H groups in total. The molecule has 0 aliphatic carbocycles. The van der Waals surface area contributed by atoms with E-state index >= 15 is 0 Å². The van der Waals surface area contributed by atoms with Crippen molar-refractivity contribution in [1.82, 2.24) is 9.80 Å². The van der Waals surface area contributed by atoms with Gasteiger partial charge in [-0.05, 0) is 43.7 Å². The van der Waals surface area contributed by atoms with Gasteiger partial charge in [0.15, 0.2) is 0 Å². The highest BCUT2D eigenvalue weighted by molar-refractivity contribution is 5.97. The Morgan fingerprint density at radius 3 is 2.17 bits per heavy atom. The molecule has 1 heterocycles. The maximum absolute atomic E-state index is 13.1. The van der Waals surface area contributed by atoms with Gasteiger partial charge in [0.2, 0.25) is 11.8 Å². The van der Waals surface area contributed by atoms with Gasteiger partial charge in [-0.25, -0.2) is 4.39 Å². The summed E-state index contributed by atoms with van der Waals surface area (Å²) in [5.41, 5.74) is 2.00. The lowest BCUT2D eigenvalue weighted by molar-refractivity contribution is -0.142. The molecule has 154 valence electrons. The highest BCUT2D eigenvalue weighted by Gasteiger charge is 2.26. The van der Waals surface area contributed by atoms with Crippen LogP contribution >= 0.6 is 0 Å². The lowest BCUT2D eigenvalue weighted by Crippen LogP contribution is -2.50. The number of hydrogen-bond donors (Lipinski definition) is 0. The van der Waals surface area contributed by atoms with Gasteiger partial charge in [0, 0.05) is 44.5 Å². The standard InChI is InChI=1S/C23H28FN3O2/c1-18(2)27(17-19-6-4-3-5-7-19)23(29)16-22(28)26-14-12-25(13-15-26)21-10-8-20(24)9-11-21/h3-11,18H,12-17H2,1-2H3. The van der Waals surface area contributed by atoms with E-state index in [1.807, 2.05) is 44.2 Å². The fourth-order valence-corrected chi connectivity index (χ4v) is 3.55. The van der Waals surface area contributed by atoms with Crippen molar-refractivity contribution in [2.45, 2.75) is 32.9 Å². The Balaban J connectivity index is 1.53. The molecule has 0 spiro atoms. The Kier molecular flexibility index (Phi) is 6.86. The van der Waals surface area contributed by atoms with E-state index in [-0.39, 0.29) is 30.1 Å². The van der Waals surface area contributed by atoms with Crippen molar-refractivity contribution < 1.29 is 14.0 Å². The molecular weight excluding hydrogens is 369 g/mol. The first-order valence-corrected chi connectivity index (χ1v) is 10.1. The molecule has 2 amide bonds. The lowest BCUT2D eigenvalue weighted by atomic mass is 10.1. The normalized spacial score (nSPS) is 14.2. The Morgan fingerprint density at radius 1 is 0.966 bits per heavy atom. The van der Waals surface area contributed by atoms with Crippen molar-refractivity contribution in [3.05, 3.63) is 66.0 Å². The molecule has 0 unspecified atom stereocenters. The molecule has 0 aromatic heterocycles. The predicted octanol–water partition coefficient (Wildman–Crippen LogP) is 3.30. The first kappa shape index (κ1) is 20.8. The smallest absolute Gasteiger partial charge is 0.232 e. The zero-order valence-corrected chi connectivity index (χ0v) is 17.1. The van der Waals surface area contributed by atoms with Crippen LogP contribution in [0.25, 0.3) is 0 Å². The molecule has 1 aliphatic heterocycles. The number of rotatable bonds is 6. The summed E-state index contributed by atoms with van der Waals surface area (Å²) in [6.07, 6.45) is -0.110. The van der Waals surface area contributed by atoms with Crippen LogP contribution in [0.5, 0.6) is 0 Å². The van der Waals surface area contributed by atoms with Gasteiger partial charge in [0.1, 0.15) is 12.2 Å². The number of benzene rings is 2. The first-order chi connectivity index (χ1) is 13.9. The number of halogens is 1. The van der Waals surface area contributed by atoms with E-state index in [0.29, 0.717) is 32.7 Å². The van der Waals surface area contributed by atoms with Crippen molar-refractivity contribution in [3.63, 3.8) is 0 Å². The van der Waals surface area contributed by atoms with E-state index in [1.54, 1.807) is 21.9 Å². The molecule has 1 aliphatic rings. The Morgan fingerprint density at radius 2 is 1.59 bits per heavy atom. The van der Waals surface area contributed by atoms with Gasteiger partial charge in [0.05, 0.1) is 0 Å². The fraction of sp³-hybridized carbons (Fsp3) is 0.391. The van der Waals surface area contributed by atoms with Crippen molar-refractivity contribution in [1.29, 1.82) is 0 Å². The average molecular weight is 397 g/mol. The number of carbonyl (C=O) groups is 2. The van der Waals surface area contributed by atoms with Gasteiger partial charge in [-0.1, -0.05) is 30.3 Å². The van der Waals surface area contributed by atoms with E-state index in [4.69, 9.17) is 0 Å². The maximum atomic E-state index is 13.1. The van der Waals surface area contributed by atoms with Crippen molar-refractivity contribution in [2.75, 3.05) is 31.1 Å². The van der Waals surface area contributed by atoms with E-state index < -0.39 is 0 Å². The maximum Gasteiger partial charge on any atom is 0.232 e. The molecular formula is C23H28FN3O2. The second kappa shape index (κ2) is 9.54. The summed E-state index contributed by atoms with van der Waals surface area (Å²) in [7, 11) is 0. The van der Waals surface area contributed by atoms with Crippen LogP contribution in [-0.4, -0.2) is 53.8 Å². The Labute approximate surface area is 171 Å². The number of anilines is 1. The second-order valence-electron chi connectivity index (χ2n) is 7.62. The number of amides is 2. The molecule has 5 nitrogen and oxygen atoms in total. The van der Waals surface area contributed by atoms with Gasteiger partial charge in [-0.3, -0.25) is 9.59 Å². The topological polar surface area (TPSA) is 43.9 Å². The zero-order valence-electron chi connectivity index (χ0n) is 17.1. The number of nitrogens with zero attached hydrogens (tertiary/aromatic N) is 3. The van der Waals surface area contributed by atoms with Gasteiger partial charge < -0.3 is 14.7 Å². The molecule has 1 fully saturated rings. The fourth-order valence-electron chi connectivity index (χ4n) is 3.55. The third kappa shape index (κ3) is 5.56. The highest BCUT2D eigenvalue weighted by Crippen LogP contribution is 2.18. The third-order valence-electron chi connectivity index (χ3n) is 5.27. The molecule has 2 aromatic carbocycles. The second-order valence-corrected chi connectivity index (χ2v) is 7.62. The van der Waals surface area contributed by atoms with Gasteiger partial charge in [0.25, 0.3) is 0 Å². The molecule has 3 rings (SSSR count). The van der Waals surface area contributed by atoms with E-state index in [9.17, 15) is 14.0 Å². The molecule has 0 atom stereocenters. The van der Waals surface area contributed by atoms with Crippen molar-refractivity contribution >= 4 is 17.5 Å². The number of carbonyl (C=O) groups excluding carboxylic acids is 2. The predicted molar refractivity (Wildman–Crippen MR) is 112 cm³/mol. The van der Waals surface area contributed by atoms with Gasteiger partial charge in [-0.2, -0.15) is 0 Å². The lowest BCUT2D eigenvalue weighted by Gasteiger charge is -2.36. The molecule has 0 saturated carbocycles. The van der Waals surface area contributed by atoms with Crippen LogP contribution in [0.15, 0.2) is 54.6 Å². The van der Waals surface area contributed by atoms with E-state index in [0.717, 1.165) is 11.3 Å². The average Bonchev–Trinajstić information content (AvgIpc) is 2.73. The number of piperazine rings is 1. The summed E-state index contributed by atoms with van der Waals surface area (Å²) in [4.78, 5) is 31.1. The van der Waals surface area contributed by atoms with Crippen LogP contribution in [0.2, 0.25) is 0 Å². The summed E-state index contributed by atoms with van der Waals surface area (Å²) in [6.45, 7) is 6.89. The van der Waals surface area contributed by atoms with Crippen LogP contribution < -0.4 is 4.90 Å². The van der Waals surface area contributed by atoms with E-state index in [1.165, 1.54) is 12.1 Å². The Hall–Kier alpha value is -2.89. The Bertz CT molecular complexity index is 816. The molecule has 2 aromatic rings. The molecule has 29 heavy (non-hydrogen) atoms. The van der Waals surface area contributed by atoms with Gasteiger partial charge >= 0.3 is 0 Å². The summed E-state index contributed by atoms with van der Waals surface area (Å²) < 4.78 is 13.1. The summed E-state index contributed by atoms with van der Waals surface area (Å²) >= 11 is 0. The summed E-state index contributed by atoms with van der Waals surface area (Å²) in [6, 6.07) is 16.2.